The fourth-order valence-electron chi connectivity index (χ4n) is 2.58. The summed E-state index contributed by atoms with van der Waals surface area (Å²) in [5.41, 5.74) is 4.44. The lowest BCUT2D eigenvalue weighted by Crippen LogP contribution is -1.86. The van der Waals surface area contributed by atoms with Gasteiger partial charge in [-0.15, -0.1) is 10.2 Å². The predicted octanol–water partition coefficient (Wildman–Crippen LogP) is 4.12. The first-order valence-corrected chi connectivity index (χ1v) is 7.24. The predicted molar refractivity (Wildman–Crippen MR) is 85.6 cm³/mol. The monoisotopic (exact) mass is 289 g/mol. The largest absolute Gasteiger partial charge is 0.420 e. The average molecular weight is 289 g/mol. The first-order valence-electron chi connectivity index (χ1n) is 7.24. The molecular weight excluding hydrogens is 274 g/mol. The number of nitrogens with zero attached hydrogens (tertiary/aromatic N) is 2. The molecule has 4 nitrogen and oxygen atoms in total. The molecule has 108 valence electrons. The smallest absolute Gasteiger partial charge is 0.247 e. The van der Waals surface area contributed by atoms with E-state index in [1.807, 2.05) is 42.6 Å². The van der Waals surface area contributed by atoms with Gasteiger partial charge in [0.1, 0.15) is 0 Å². The fourth-order valence-corrected chi connectivity index (χ4v) is 2.58. The van der Waals surface area contributed by atoms with Crippen LogP contribution in [0, 0.1) is 6.92 Å². The molecule has 0 unspecified atom stereocenters. The first kappa shape index (κ1) is 12.8. The number of fused-ring (bicyclic) bond motifs is 1. The molecule has 1 N–H and O–H groups in total. The fraction of sp³-hybridized carbons (Fsp3) is 0.111. The minimum absolute atomic E-state index is 0.565. The van der Waals surface area contributed by atoms with Crippen molar-refractivity contribution in [3.05, 3.63) is 71.7 Å². The van der Waals surface area contributed by atoms with E-state index >= 15 is 0 Å². The van der Waals surface area contributed by atoms with Crippen molar-refractivity contribution in [3.8, 4) is 11.5 Å². The molecule has 0 fully saturated rings. The number of aromatic amines is 1. The van der Waals surface area contributed by atoms with Crippen molar-refractivity contribution < 1.29 is 4.42 Å². The number of benzene rings is 2. The van der Waals surface area contributed by atoms with Crippen LogP contribution in [0.25, 0.3) is 22.4 Å². The van der Waals surface area contributed by atoms with Crippen molar-refractivity contribution in [3.63, 3.8) is 0 Å². The van der Waals surface area contributed by atoms with Gasteiger partial charge in [0.2, 0.25) is 11.8 Å². The molecule has 0 aliphatic carbocycles. The summed E-state index contributed by atoms with van der Waals surface area (Å²) in [6.45, 7) is 2.06. The van der Waals surface area contributed by atoms with E-state index in [0.29, 0.717) is 18.2 Å². The normalized spacial score (nSPS) is 11.1. The number of hydrogen-bond donors (Lipinski definition) is 1. The molecule has 2 aromatic carbocycles. The second kappa shape index (κ2) is 5.15. The van der Waals surface area contributed by atoms with Gasteiger partial charge < -0.3 is 9.40 Å². The van der Waals surface area contributed by atoms with E-state index in [4.69, 9.17) is 4.42 Å². The van der Waals surface area contributed by atoms with E-state index in [0.717, 1.165) is 16.6 Å². The molecule has 2 aromatic heterocycles. The summed E-state index contributed by atoms with van der Waals surface area (Å²) in [6, 6.07) is 16.3. The summed E-state index contributed by atoms with van der Waals surface area (Å²) >= 11 is 0. The molecule has 22 heavy (non-hydrogen) atoms. The van der Waals surface area contributed by atoms with E-state index < -0.39 is 0 Å². The van der Waals surface area contributed by atoms with Crippen molar-refractivity contribution >= 4 is 10.9 Å². The standard InChI is InChI=1S/C18H15N3O/c1-12-6-8-13(9-7-12)18-21-20-17(22-18)10-14-11-19-16-5-3-2-4-15(14)16/h2-9,11,19H,10H2,1H3. The summed E-state index contributed by atoms with van der Waals surface area (Å²) in [7, 11) is 0. The van der Waals surface area contributed by atoms with Crippen molar-refractivity contribution in [2.75, 3.05) is 0 Å². The minimum atomic E-state index is 0.565. The zero-order valence-electron chi connectivity index (χ0n) is 12.2. The van der Waals surface area contributed by atoms with E-state index in [-0.39, 0.29) is 0 Å². The topological polar surface area (TPSA) is 54.7 Å². The Morgan fingerprint density at radius 3 is 2.68 bits per heavy atom. The molecule has 0 bridgehead atoms. The van der Waals surface area contributed by atoms with Crippen molar-refractivity contribution in [2.24, 2.45) is 0 Å². The van der Waals surface area contributed by atoms with E-state index in [1.54, 1.807) is 0 Å². The third kappa shape index (κ3) is 2.29. The van der Waals surface area contributed by atoms with Crippen LogP contribution in [0.5, 0.6) is 0 Å². The highest BCUT2D eigenvalue weighted by Gasteiger charge is 2.11. The van der Waals surface area contributed by atoms with Gasteiger partial charge in [-0.3, -0.25) is 0 Å². The lowest BCUT2D eigenvalue weighted by molar-refractivity contribution is 0.518. The second-order valence-corrected chi connectivity index (χ2v) is 5.40. The average Bonchev–Trinajstić information content (AvgIpc) is 3.16. The van der Waals surface area contributed by atoms with Crippen LogP contribution in [0.15, 0.2) is 59.1 Å². The summed E-state index contributed by atoms with van der Waals surface area (Å²) in [4.78, 5) is 3.26. The molecule has 0 atom stereocenters. The Labute approximate surface area is 127 Å². The molecule has 0 spiro atoms. The Balaban J connectivity index is 1.63. The van der Waals surface area contributed by atoms with E-state index in [2.05, 4.69) is 34.2 Å². The number of nitrogens with one attached hydrogen (secondary N) is 1. The summed E-state index contributed by atoms with van der Waals surface area (Å²) in [5.74, 6) is 1.19. The number of H-pyrrole nitrogens is 1. The third-order valence-electron chi connectivity index (χ3n) is 3.78. The number of aryl methyl sites for hydroxylation is 1. The molecule has 0 saturated heterocycles. The van der Waals surface area contributed by atoms with Crippen LogP contribution in [0.2, 0.25) is 0 Å². The molecule has 2 heterocycles. The summed E-state index contributed by atoms with van der Waals surface area (Å²) < 4.78 is 5.80. The SMILES string of the molecule is Cc1ccc(-c2nnc(Cc3c[nH]c4ccccc34)o2)cc1. The zero-order chi connectivity index (χ0) is 14.9. The van der Waals surface area contributed by atoms with Gasteiger partial charge in [-0.05, 0) is 30.7 Å². The molecule has 0 aliphatic rings. The van der Waals surface area contributed by atoms with Crippen LogP contribution in [0.3, 0.4) is 0 Å². The Kier molecular flexibility index (Phi) is 3.00. The highest BCUT2D eigenvalue weighted by atomic mass is 16.4. The van der Waals surface area contributed by atoms with Gasteiger partial charge in [0.05, 0.1) is 6.42 Å². The molecule has 0 saturated carbocycles. The molecular formula is C18H15N3O. The van der Waals surface area contributed by atoms with Crippen molar-refractivity contribution in [1.29, 1.82) is 0 Å². The van der Waals surface area contributed by atoms with Gasteiger partial charge in [0.25, 0.3) is 0 Å². The number of para-hydroxylation sites is 1. The van der Waals surface area contributed by atoms with Crippen LogP contribution in [-0.4, -0.2) is 15.2 Å². The first-order chi connectivity index (χ1) is 10.8. The second-order valence-electron chi connectivity index (χ2n) is 5.40. The van der Waals surface area contributed by atoms with Gasteiger partial charge in [-0.25, -0.2) is 0 Å². The summed E-state index contributed by atoms with van der Waals surface area (Å²) in [6.07, 6.45) is 2.63. The highest BCUT2D eigenvalue weighted by Crippen LogP contribution is 2.23. The lowest BCUT2D eigenvalue weighted by atomic mass is 10.1. The Hall–Kier alpha value is -2.88. The molecule has 4 heteroatoms. The van der Waals surface area contributed by atoms with Crippen LogP contribution in [-0.2, 0) is 6.42 Å². The van der Waals surface area contributed by atoms with Crippen LogP contribution < -0.4 is 0 Å². The molecule has 0 aliphatic heterocycles. The van der Waals surface area contributed by atoms with Crippen molar-refractivity contribution in [1.82, 2.24) is 15.2 Å². The number of rotatable bonds is 3. The maximum Gasteiger partial charge on any atom is 0.247 e. The maximum atomic E-state index is 5.80. The minimum Gasteiger partial charge on any atom is -0.420 e. The van der Waals surface area contributed by atoms with Crippen molar-refractivity contribution in [2.45, 2.75) is 13.3 Å². The van der Waals surface area contributed by atoms with Gasteiger partial charge in [0.15, 0.2) is 0 Å². The molecule has 0 radical (unpaired) electrons. The Morgan fingerprint density at radius 1 is 1.00 bits per heavy atom. The maximum absolute atomic E-state index is 5.80. The van der Waals surface area contributed by atoms with Gasteiger partial charge in [0, 0.05) is 22.7 Å². The molecule has 0 amide bonds. The summed E-state index contributed by atoms with van der Waals surface area (Å²) in [5, 5.41) is 9.51. The van der Waals surface area contributed by atoms with E-state index in [1.165, 1.54) is 10.9 Å². The van der Waals surface area contributed by atoms with Gasteiger partial charge in [-0.2, -0.15) is 0 Å². The number of aromatic nitrogens is 3. The molecule has 4 aromatic rings. The Morgan fingerprint density at radius 2 is 1.82 bits per heavy atom. The van der Waals surface area contributed by atoms with Gasteiger partial charge >= 0.3 is 0 Å². The van der Waals surface area contributed by atoms with Crippen LogP contribution in [0.4, 0.5) is 0 Å². The zero-order valence-corrected chi connectivity index (χ0v) is 12.2. The van der Waals surface area contributed by atoms with Crippen LogP contribution in [0.1, 0.15) is 17.0 Å². The quantitative estimate of drug-likeness (QED) is 0.617. The lowest BCUT2D eigenvalue weighted by Gasteiger charge is -1.96. The van der Waals surface area contributed by atoms with Crippen LogP contribution >= 0.6 is 0 Å². The van der Waals surface area contributed by atoms with E-state index in [9.17, 15) is 0 Å². The number of hydrogen-bond acceptors (Lipinski definition) is 3. The highest BCUT2D eigenvalue weighted by molar-refractivity contribution is 5.83. The third-order valence-corrected chi connectivity index (χ3v) is 3.78. The molecule has 4 rings (SSSR count). The Bertz CT molecular complexity index is 919. The van der Waals surface area contributed by atoms with Gasteiger partial charge in [-0.1, -0.05) is 35.9 Å².